The maximum Gasteiger partial charge on any atom is 0.307 e. The van der Waals surface area contributed by atoms with Crippen LogP contribution in [0.5, 0.6) is 0 Å². The fraction of sp³-hybridized carbons (Fsp3) is 0.625. The first-order chi connectivity index (χ1) is 10.1. The maximum absolute atomic E-state index is 12.8. The zero-order chi connectivity index (χ0) is 15.0. The molecule has 0 spiro atoms. The van der Waals surface area contributed by atoms with E-state index in [-0.39, 0.29) is 11.8 Å². The molecule has 1 saturated carbocycles. The van der Waals surface area contributed by atoms with Gasteiger partial charge in [-0.2, -0.15) is 0 Å². The average Bonchev–Trinajstić information content (AvgIpc) is 3.11. The van der Waals surface area contributed by atoms with Gasteiger partial charge in [0.25, 0.3) is 0 Å². The van der Waals surface area contributed by atoms with Gasteiger partial charge in [0.15, 0.2) is 0 Å². The van der Waals surface area contributed by atoms with Crippen LogP contribution in [-0.4, -0.2) is 28.4 Å². The highest BCUT2D eigenvalue weighted by Crippen LogP contribution is 2.40. The molecule has 2 aliphatic rings. The third kappa shape index (κ3) is 2.71. The zero-order valence-corrected chi connectivity index (χ0v) is 13.1. The summed E-state index contributed by atoms with van der Waals surface area (Å²) in [5, 5.41) is 11.5. The normalized spacial score (nSPS) is 28.4. The molecule has 2 heterocycles. The van der Waals surface area contributed by atoms with Crippen LogP contribution in [-0.2, 0) is 22.6 Å². The number of hydrogen-bond donors (Lipinski definition) is 1. The molecule has 1 aromatic heterocycles. The minimum atomic E-state index is -0.808. The van der Waals surface area contributed by atoms with Gasteiger partial charge in [0.05, 0.1) is 11.8 Å². The second-order valence-electron chi connectivity index (χ2n) is 6.18. The summed E-state index contributed by atoms with van der Waals surface area (Å²) >= 11 is 1.75. The van der Waals surface area contributed by atoms with Crippen molar-refractivity contribution in [2.24, 2.45) is 17.8 Å². The second-order valence-corrected chi connectivity index (χ2v) is 7.18. The number of carboxylic acid groups (broad SMARTS) is 1. The molecule has 1 aliphatic carbocycles. The van der Waals surface area contributed by atoms with E-state index in [1.165, 1.54) is 10.4 Å². The van der Waals surface area contributed by atoms with Crippen LogP contribution in [0.25, 0.3) is 0 Å². The molecule has 3 rings (SSSR count). The number of amides is 1. The van der Waals surface area contributed by atoms with E-state index in [4.69, 9.17) is 0 Å². The molecule has 0 aromatic carbocycles. The molecule has 1 amide bonds. The van der Waals surface area contributed by atoms with Crippen molar-refractivity contribution in [3.05, 3.63) is 21.9 Å². The Bertz CT molecular complexity index is 553. The van der Waals surface area contributed by atoms with E-state index >= 15 is 0 Å². The molecular weight excluding hydrogens is 286 g/mol. The second kappa shape index (κ2) is 5.79. The van der Waals surface area contributed by atoms with E-state index in [0.717, 1.165) is 25.8 Å². The summed E-state index contributed by atoms with van der Waals surface area (Å²) in [5.41, 5.74) is 1.23. The Labute approximate surface area is 128 Å². The van der Waals surface area contributed by atoms with Gasteiger partial charge in [-0.05, 0) is 42.2 Å². The monoisotopic (exact) mass is 307 g/mol. The van der Waals surface area contributed by atoms with Gasteiger partial charge in [-0.1, -0.05) is 13.3 Å². The van der Waals surface area contributed by atoms with Crippen molar-refractivity contribution in [1.29, 1.82) is 0 Å². The Morgan fingerprint density at radius 1 is 1.38 bits per heavy atom. The number of carbonyl (C=O) groups is 2. The molecule has 1 aromatic rings. The molecule has 21 heavy (non-hydrogen) atoms. The molecule has 1 aliphatic heterocycles. The summed E-state index contributed by atoms with van der Waals surface area (Å²) in [6.07, 6.45) is 3.25. The van der Waals surface area contributed by atoms with Crippen LogP contribution in [0.4, 0.5) is 0 Å². The van der Waals surface area contributed by atoms with Crippen molar-refractivity contribution in [2.75, 3.05) is 6.54 Å². The van der Waals surface area contributed by atoms with Crippen molar-refractivity contribution >= 4 is 23.2 Å². The van der Waals surface area contributed by atoms with Crippen molar-refractivity contribution in [3.8, 4) is 0 Å². The van der Waals surface area contributed by atoms with Gasteiger partial charge in [0.1, 0.15) is 0 Å². The fourth-order valence-electron chi connectivity index (χ4n) is 3.69. The molecule has 1 N–H and O–H groups in total. The van der Waals surface area contributed by atoms with Crippen LogP contribution in [0.15, 0.2) is 11.4 Å². The van der Waals surface area contributed by atoms with Gasteiger partial charge in [0, 0.05) is 18.0 Å². The van der Waals surface area contributed by atoms with Gasteiger partial charge < -0.3 is 10.0 Å². The maximum atomic E-state index is 12.8. The first kappa shape index (κ1) is 14.6. The van der Waals surface area contributed by atoms with Gasteiger partial charge in [-0.25, -0.2) is 0 Å². The number of carbonyl (C=O) groups excluding carboxylic acids is 1. The predicted molar refractivity (Wildman–Crippen MR) is 81.1 cm³/mol. The lowest BCUT2D eigenvalue weighted by atomic mass is 9.94. The lowest BCUT2D eigenvalue weighted by Crippen LogP contribution is -2.41. The summed E-state index contributed by atoms with van der Waals surface area (Å²) in [5.74, 6) is -1.20. The Morgan fingerprint density at radius 2 is 2.14 bits per heavy atom. The SMILES string of the molecule is CCC1CC(C(=O)O)C(C(=O)N2CCc3sccc3C2)C1. The summed E-state index contributed by atoms with van der Waals surface area (Å²) in [4.78, 5) is 27.5. The predicted octanol–water partition coefficient (Wildman–Crippen LogP) is 2.77. The molecule has 3 atom stereocenters. The number of hydrogen-bond acceptors (Lipinski definition) is 3. The quantitative estimate of drug-likeness (QED) is 0.934. The zero-order valence-electron chi connectivity index (χ0n) is 12.2. The van der Waals surface area contributed by atoms with Crippen molar-refractivity contribution in [1.82, 2.24) is 4.90 Å². The molecule has 0 radical (unpaired) electrons. The number of thiophene rings is 1. The van der Waals surface area contributed by atoms with Crippen LogP contribution in [0.2, 0.25) is 0 Å². The number of fused-ring (bicyclic) bond motifs is 1. The van der Waals surface area contributed by atoms with Crippen LogP contribution in [0.3, 0.4) is 0 Å². The summed E-state index contributed by atoms with van der Waals surface area (Å²) in [6.45, 7) is 3.46. The average molecular weight is 307 g/mol. The molecule has 0 bridgehead atoms. The van der Waals surface area contributed by atoms with Crippen molar-refractivity contribution in [3.63, 3.8) is 0 Å². The third-order valence-electron chi connectivity index (χ3n) is 4.99. The Morgan fingerprint density at radius 3 is 2.86 bits per heavy atom. The fourth-order valence-corrected chi connectivity index (χ4v) is 4.58. The number of rotatable bonds is 3. The largest absolute Gasteiger partial charge is 0.481 e. The van der Waals surface area contributed by atoms with Gasteiger partial charge in [0.2, 0.25) is 5.91 Å². The molecule has 4 nitrogen and oxygen atoms in total. The summed E-state index contributed by atoms with van der Waals surface area (Å²) in [6, 6.07) is 2.08. The Kier molecular flexibility index (Phi) is 4.02. The number of nitrogens with zero attached hydrogens (tertiary/aromatic N) is 1. The number of carboxylic acids is 1. The van der Waals surface area contributed by atoms with Crippen LogP contribution < -0.4 is 0 Å². The first-order valence-corrected chi connectivity index (χ1v) is 8.55. The molecule has 5 heteroatoms. The van der Waals surface area contributed by atoms with Gasteiger partial charge in [-0.15, -0.1) is 11.3 Å². The topological polar surface area (TPSA) is 57.6 Å². The van der Waals surface area contributed by atoms with Gasteiger partial charge in [-0.3, -0.25) is 9.59 Å². The molecule has 3 unspecified atom stereocenters. The van der Waals surface area contributed by atoms with Crippen LogP contribution in [0, 0.1) is 17.8 Å². The summed E-state index contributed by atoms with van der Waals surface area (Å²) < 4.78 is 0. The standard InChI is InChI=1S/C16H21NO3S/c1-2-10-7-12(13(8-10)16(19)20)15(18)17-5-3-14-11(9-17)4-6-21-14/h4,6,10,12-13H,2-3,5,7-9H2,1H3,(H,19,20). The Balaban J connectivity index is 1.74. The lowest BCUT2D eigenvalue weighted by molar-refractivity contribution is -0.149. The highest BCUT2D eigenvalue weighted by atomic mass is 32.1. The molecular formula is C16H21NO3S. The third-order valence-corrected chi connectivity index (χ3v) is 6.01. The van der Waals surface area contributed by atoms with Crippen molar-refractivity contribution < 1.29 is 14.7 Å². The van der Waals surface area contributed by atoms with E-state index < -0.39 is 11.9 Å². The minimum absolute atomic E-state index is 0.0511. The highest BCUT2D eigenvalue weighted by Gasteiger charge is 2.43. The van der Waals surface area contributed by atoms with Crippen LogP contribution >= 0.6 is 11.3 Å². The molecule has 0 saturated heterocycles. The smallest absolute Gasteiger partial charge is 0.307 e. The van der Waals surface area contributed by atoms with E-state index in [0.29, 0.717) is 18.9 Å². The Hall–Kier alpha value is -1.36. The van der Waals surface area contributed by atoms with Crippen molar-refractivity contribution in [2.45, 2.75) is 39.2 Å². The minimum Gasteiger partial charge on any atom is -0.481 e. The van der Waals surface area contributed by atoms with E-state index in [1.54, 1.807) is 11.3 Å². The van der Waals surface area contributed by atoms with Crippen LogP contribution in [0.1, 0.15) is 36.6 Å². The lowest BCUT2D eigenvalue weighted by Gasteiger charge is -2.30. The molecule has 114 valence electrons. The van der Waals surface area contributed by atoms with E-state index in [2.05, 4.69) is 18.4 Å². The summed E-state index contributed by atoms with van der Waals surface area (Å²) in [7, 11) is 0. The first-order valence-electron chi connectivity index (χ1n) is 7.67. The van der Waals surface area contributed by atoms with Gasteiger partial charge >= 0.3 is 5.97 Å². The molecule has 1 fully saturated rings. The van der Waals surface area contributed by atoms with E-state index in [1.807, 2.05) is 4.90 Å². The van der Waals surface area contributed by atoms with E-state index in [9.17, 15) is 14.7 Å². The highest BCUT2D eigenvalue weighted by molar-refractivity contribution is 7.10. The number of aliphatic carboxylic acids is 1.